The lowest BCUT2D eigenvalue weighted by Gasteiger charge is -2.11. The standard InChI is InChI=1S/C24H21N3O2S/c1-16-7-5-9-18(13-16)24(29)26-20-10-3-4-11-21(20)30-15-19-14-22(28)27-12-6-8-17(2)23(27)25-19/h3-14H,15H2,1-2H3,(H,26,29). The molecular weight excluding hydrogens is 394 g/mol. The van der Waals surface area contributed by atoms with Crippen LogP contribution in [0, 0.1) is 13.8 Å². The van der Waals surface area contributed by atoms with Gasteiger partial charge in [0.25, 0.3) is 11.5 Å². The quantitative estimate of drug-likeness (QED) is 0.473. The number of aromatic nitrogens is 2. The number of amides is 1. The molecule has 0 atom stereocenters. The number of para-hydroxylation sites is 1. The van der Waals surface area contributed by atoms with Crippen molar-refractivity contribution in [2.45, 2.75) is 24.5 Å². The van der Waals surface area contributed by atoms with Crippen LogP contribution in [0.4, 0.5) is 5.69 Å². The van der Waals surface area contributed by atoms with E-state index in [0.29, 0.717) is 22.7 Å². The van der Waals surface area contributed by atoms with Crippen LogP contribution in [-0.2, 0) is 5.75 Å². The van der Waals surface area contributed by atoms with Gasteiger partial charge in [-0.25, -0.2) is 4.98 Å². The molecule has 30 heavy (non-hydrogen) atoms. The fraction of sp³-hybridized carbons (Fsp3) is 0.125. The summed E-state index contributed by atoms with van der Waals surface area (Å²) in [5, 5.41) is 2.99. The molecule has 6 heteroatoms. The first-order valence-corrected chi connectivity index (χ1v) is 10.6. The molecule has 0 radical (unpaired) electrons. The largest absolute Gasteiger partial charge is 0.321 e. The number of rotatable bonds is 5. The third kappa shape index (κ3) is 4.28. The zero-order valence-electron chi connectivity index (χ0n) is 16.8. The molecule has 4 rings (SSSR count). The predicted molar refractivity (Wildman–Crippen MR) is 121 cm³/mol. The van der Waals surface area contributed by atoms with Crippen LogP contribution in [0.3, 0.4) is 0 Å². The van der Waals surface area contributed by atoms with Gasteiger partial charge in [-0.1, -0.05) is 35.9 Å². The molecule has 0 fully saturated rings. The molecule has 0 aliphatic rings. The summed E-state index contributed by atoms with van der Waals surface area (Å²) in [6.07, 6.45) is 1.73. The summed E-state index contributed by atoms with van der Waals surface area (Å²) in [4.78, 5) is 30.6. The number of nitrogens with one attached hydrogen (secondary N) is 1. The van der Waals surface area contributed by atoms with Gasteiger partial charge in [-0.2, -0.15) is 0 Å². The minimum Gasteiger partial charge on any atom is -0.321 e. The Morgan fingerprint density at radius 1 is 1.03 bits per heavy atom. The van der Waals surface area contributed by atoms with Gasteiger partial charge in [0.1, 0.15) is 5.65 Å². The first-order chi connectivity index (χ1) is 14.5. The van der Waals surface area contributed by atoms with Crippen molar-refractivity contribution in [1.82, 2.24) is 9.38 Å². The summed E-state index contributed by atoms with van der Waals surface area (Å²) >= 11 is 1.54. The number of aryl methyl sites for hydroxylation is 2. The molecule has 4 aromatic rings. The van der Waals surface area contributed by atoms with Crippen molar-refractivity contribution in [2.24, 2.45) is 0 Å². The van der Waals surface area contributed by atoms with E-state index in [1.165, 1.54) is 11.8 Å². The Morgan fingerprint density at radius 2 is 1.87 bits per heavy atom. The van der Waals surface area contributed by atoms with Gasteiger partial charge in [-0.15, -0.1) is 11.8 Å². The molecule has 2 aromatic carbocycles. The molecule has 150 valence electrons. The molecule has 1 N–H and O–H groups in total. The summed E-state index contributed by atoms with van der Waals surface area (Å²) in [5.41, 5.74) is 4.62. The molecule has 0 aliphatic carbocycles. The van der Waals surface area contributed by atoms with E-state index in [1.807, 2.05) is 68.4 Å². The fourth-order valence-electron chi connectivity index (χ4n) is 3.21. The van der Waals surface area contributed by atoms with Crippen molar-refractivity contribution < 1.29 is 4.79 Å². The van der Waals surface area contributed by atoms with E-state index in [9.17, 15) is 9.59 Å². The van der Waals surface area contributed by atoms with Crippen molar-refractivity contribution in [3.05, 3.63) is 106 Å². The van der Waals surface area contributed by atoms with Crippen LogP contribution in [0.15, 0.2) is 82.6 Å². The maximum Gasteiger partial charge on any atom is 0.258 e. The van der Waals surface area contributed by atoms with Crippen LogP contribution >= 0.6 is 11.8 Å². The predicted octanol–water partition coefficient (Wildman–Crippen LogP) is 4.86. The van der Waals surface area contributed by atoms with Crippen LogP contribution < -0.4 is 10.9 Å². The molecule has 1 amide bonds. The number of nitrogens with zero attached hydrogens (tertiary/aromatic N) is 2. The molecule has 0 saturated heterocycles. The van der Waals surface area contributed by atoms with Crippen molar-refractivity contribution in [3.8, 4) is 0 Å². The number of hydrogen-bond acceptors (Lipinski definition) is 4. The molecular formula is C24H21N3O2S. The van der Waals surface area contributed by atoms with E-state index in [0.717, 1.165) is 21.7 Å². The smallest absolute Gasteiger partial charge is 0.258 e. The Kier molecular flexibility index (Phi) is 5.68. The van der Waals surface area contributed by atoms with E-state index in [2.05, 4.69) is 10.3 Å². The Labute approximate surface area is 178 Å². The molecule has 2 aromatic heterocycles. The van der Waals surface area contributed by atoms with Gasteiger partial charge in [0.2, 0.25) is 0 Å². The van der Waals surface area contributed by atoms with E-state index < -0.39 is 0 Å². The second-order valence-electron chi connectivity index (χ2n) is 7.08. The third-order valence-corrected chi connectivity index (χ3v) is 5.84. The number of fused-ring (bicyclic) bond motifs is 1. The van der Waals surface area contributed by atoms with Crippen LogP contribution in [0.5, 0.6) is 0 Å². The zero-order valence-corrected chi connectivity index (χ0v) is 17.6. The van der Waals surface area contributed by atoms with Gasteiger partial charge in [-0.3, -0.25) is 14.0 Å². The van der Waals surface area contributed by atoms with Gasteiger partial charge in [0, 0.05) is 28.5 Å². The second kappa shape index (κ2) is 8.55. The van der Waals surface area contributed by atoms with Crippen molar-refractivity contribution in [1.29, 1.82) is 0 Å². The second-order valence-corrected chi connectivity index (χ2v) is 8.10. The van der Waals surface area contributed by atoms with Gasteiger partial charge in [0.05, 0.1) is 11.4 Å². The van der Waals surface area contributed by atoms with Gasteiger partial charge >= 0.3 is 0 Å². The highest BCUT2D eigenvalue weighted by Crippen LogP contribution is 2.29. The van der Waals surface area contributed by atoms with Crippen molar-refractivity contribution in [3.63, 3.8) is 0 Å². The molecule has 5 nitrogen and oxygen atoms in total. The van der Waals surface area contributed by atoms with Crippen LogP contribution in [0.1, 0.15) is 27.2 Å². The molecule has 0 unspecified atom stereocenters. The number of benzene rings is 2. The summed E-state index contributed by atoms with van der Waals surface area (Å²) < 4.78 is 1.56. The first-order valence-electron chi connectivity index (χ1n) is 9.59. The maximum absolute atomic E-state index is 12.6. The lowest BCUT2D eigenvalue weighted by Crippen LogP contribution is -2.15. The van der Waals surface area contributed by atoms with Crippen LogP contribution in [-0.4, -0.2) is 15.3 Å². The summed E-state index contributed by atoms with van der Waals surface area (Å²) in [5.74, 6) is 0.377. The summed E-state index contributed by atoms with van der Waals surface area (Å²) in [6, 6.07) is 20.5. The van der Waals surface area contributed by atoms with Gasteiger partial charge in [-0.05, 0) is 49.7 Å². The Morgan fingerprint density at radius 3 is 2.70 bits per heavy atom. The number of carbonyl (C=O) groups excluding carboxylic acids is 1. The molecule has 0 saturated carbocycles. The number of carbonyl (C=O) groups is 1. The van der Waals surface area contributed by atoms with E-state index in [-0.39, 0.29) is 11.5 Å². The SMILES string of the molecule is Cc1cccc(C(=O)Nc2ccccc2SCc2cc(=O)n3cccc(C)c3n2)c1. The minimum absolute atomic E-state index is 0.0969. The first kappa shape index (κ1) is 19.9. The van der Waals surface area contributed by atoms with Gasteiger partial charge in [0.15, 0.2) is 0 Å². The average molecular weight is 416 g/mol. The highest BCUT2D eigenvalue weighted by atomic mass is 32.2. The molecule has 0 bridgehead atoms. The number of anilines is 1. The Balaban J connectivity index is 1.55. The summed E-state index contributed by atoms with van der Waals surface area (Å²) in [6.45, 7) is 3.90. The molecule has 2 heterocycles. The highest BCUT2D eigenvalue weighted by Gasteiger charge is 2.11. The number of thioether (sulfide) groups is 1. The van der Waals surface area contributed by atoms with E-state index >= 15 is 0 Å². The van der Waals surface area contributed by atoms with E-state index in [1.54, 1.807) is 22.7 Å². The van der Waals surface area contributed by atoms with E-state index in [4.69, 9.17) is 0 Å². The maximum atomic E-state index is 12.6. The third-order valence-electron chi connectivity index (χ3n) is 4.73. The lowest BCUT2D eigenvalue weighted by molar-refractivity contribution is 0.102. The highest BCUT2D eigenvalue weighted by molar-refractivity contribution is 7.98. The van der Waals surface area contributed by atoms with Crippen molar-refractivity contribution >= 4 is 29.0 Å². The topological polar surface area (TPSA) is 63.5 Å². The Hall–Kier alpha value is -3.38. The minimum atomic E-state index is -0.149. The lowest BCUT2D eigenvalue weighted by atomic mass is 10.1. The molecule has 0 aliphatic heterocycles. The Bertz CT molecular complexity index is 1300. The number of pyridine rings is 1. The fourth-order valence-corrected chi connectivity index (χ4v) is 4.11. The van der Waals surface area contributed by atoms with Crippen LogP contribution in [0.25, 0.3) is 5.65 Å². The summed E-state index contributed by atoms with van der Waals surface area (Å²) in [7, 11) is 0. The van der Waals surface area contributed by atoms with Crippen molar-refractivity contribution in [2.75, 3.05) is 5.32 Å². The monoisotopic (exact) mass is 415 g/mol. The molecule has 0 spiro atoms. The average Bonchev–Trinajstić information content (AvgIpc) is 2.74. The van der Waals surface area contributed by atoms with Crippen LogP contribution in [0.2, 0.25) is 0 Å². The van der Waals surface area contributed by atoms with Gasteiger partial charge < -0.3 is 5.32 Å². The normalized spacial score (nSPS) is 10.9. The zero-order chi connectivity index (χ0) is 21.1. The number of hydrogen-bond donors (Lipinski definition) is 1.